The first-order valence-electron chi connectivity index (χ1n) is 5.67. The van der Waals surface area contributed by atoms with Crippen LogP contribution in [0, 0.1) is 13.8 Å². The van der Waals surface area contributed by atoms with Crippen molar-refractivity contribution >= 4 is 17.1 Å². The van der Waals surface area contributed by atoms with Crippen LogP contribution in [0.5, 0.6) is 0 Å². The van der Waals surface area contributed by atoms with Crippen LogP contribution in [0.2, 0.25) is 5.28 Å². The predicted molar refractivity (Wildman–Crippen MR) is 70.2 cm³/mol. The first-order valence-corrected chi connectivity index (χ1v) is 6.05. The molecule has 2 rings (SSSR count). The van der Waals surface area contributed by atoms with Crippen LogP contribution in [0.1, 0.15) is 39.1 Å². The second-order valence-corrected chi connectivity index (χ2v) is 3.08. The van der Waals surface area contributed by atoms with E-state index in [1.807, 2.05) is 53.7 Å². The summed E-state index contributed by atoms with van der Waals surface area (Å²) >= 11 is 5.71. The molecule has 2 heterocycles. The lowest BCUT2D eigenvalue weighted by Crippen LogP contribution is -1.98. The van der Waals surface area contributed by atoms with Crippen LogP contribution in [0.4, 0.5) is 0 Å². The van der Waals surface area contributed by atoms with Crippen LogP contribution in [-0.2, 0) is 0 Å². The molecule has 0 radical (unpaired) electrons. The zero-order valence-electron chi connectivity index (χ0n) is 10.9. The van der Waals surface area contributed by atoms with Crippen LogP contribution in [-0.4, -0.2) is 14.6 Å². The fraction of sp³-hybridized carbons (Fsp3) is 0.500. The summed E-state index contributed by atoms with van der Waals surface area (Å²) in [4.78, 5) is 4.05. The third kappa shape index (κ3) is 3.20. The Kier molecular flexibility index (Phi) is 6.74. The van der Waals surface area contributed by atoms with Crippen LogP contribution >= 0.6 is 11.6 Å². The normalized spacial score (nSPS) is 8.94. The largest absolute Gasteiger partial charge is 0.241 e. The molecule has 0 unspecified atom stereocenters. The smallest absolute Gasteiger partial charge is 0.233 e. The minimum atomic E-state index is 0.291. The van der Waals surface area contributed by atoms with E-state index in [2.05, 4.69) is 10.1 Å². The van der Waals surface area contributed by atoms with E-state index in [1.165, 1.54) is 0 Å². The van der Waals surface area contributed by atoms with E-state index in [0.29, 0.717) is 5.28 Å². The summed E-state index contributed by atoms with van der Waals surface area (Å²) < 4.78 is 1.80. The first kappa shape index (κ1) is 14.9. The summed E-state index contributed by atoms with van der Waals surface area (Å²) in [7, 11) is 0. The van der Waals surface area contributed by atoms with Crippen molar-refractivity contribution in [3.63, 3.8) is 0 Å². The molecule has 0 aliphatic carbocycles. The van der Waals surface area contributed by atoms with E-state index in [4.69, 9.17) is 11.6 Å². The Morgan fingerprint density at radius 3 is 2.19 bits per heavy atom. The van der Waals surface area contributed by atoms with Crippen molar-refractivity contribution in [2.75, 3.05) is 0 Å². The van der Waals surface area contributed by atoms with Gasteiger partial charge in [-0.1, -0.05) is 27.7 Å². The fourth-order valence-corrected chi connectivity index (χ4v) is 1.44. The molecule has 16 heavy (non-hydrogen) atoms. The summed E-state index contributed by atoms with van der Waals surface area (Å²) in [5.74, 6) is 0. The summed E-state index contributed by atoms with van der Waals surface area (Å²) in [5, 5.41) is 4.36. The molecule has 2 aromatic heterocycles. The Bertz CT molecular complexity index is 435. The van der Waals surface area contributed by atoms with Crippen molar-refractivity contribution < 1.29 is 0 Å². The first-order chi connectivity index (χ1) is 7.68. The van der Waals surface area contributed by atoms with Crippen LogP contribution in [0.3, 0.4) is 0 Å². The lowest BCUT2D eigenvalue weighted by Gasteiger charge is -1.99. The summed E-state index contributed by atoms with van der Waals surface area (Å²) in [5.41, 5.74) is 2.98. The number of aryl methyl sites for hydroxylation is 2. The molecular formula is C12H20ClN3. The Hall–Kier alpha value is -1.09. The Labute approximate surface area is 102 Å². The number of fused-ring (bicyclic) bond motifs is 1. The zero-order chi connectivity index (χ0) is 12.7. The molecule has 0 spiro atoms. The molecule has 0 amide bonds. The van der Waals surface area contributed by atoms with Crippen LogP contribution in [0.25, 0.3) is 5.52 Å². The van der Waals surface area contributed by atoms with Gasteiger partial charge in [0.05, 0.1) is 11.2 Å². The number of halogens is 1. The molecule has 4 heteroatoms. The molecule has 0 aliphatic rings. The number of hydrogen-bond donors (Lipinski definition) is 0. The van der Waals surface area contributed by atoms with E-state index < -0.39 is 0 Å². The van der Waals surface area contributed by atoms with Gasteiger partial charge >= 0.3 is 0 Å². The van der Waals surface area contributed by atoms with Crippen molar-refractivity contribution in [3.05, 3.63) is 28.8 Å². The minimum absolute atomic E-state index is 0.291. The molecule has 0 fully saturated rings. The fourth-order valence-electron chi connectivity index (χ4n) is 1.24. The third-order valence-electron chi connectivity index (χ3n) is 1.86. The van der Waals surface area contributed by atoms with Gasteiger partial charge in [-0.05, 0) is 37.6 Å². The van der Waals surface area contributed by atoms with E-state index in [-0.39, 0.29) is 0 Å². The lowest BCUT2D eigenvalue weighted by atomic mass is 10.4. The van der Waals surface area contributed by atoms with Crippen molar-refractivity contribution in [1.29, 1.82) is 0 Å². The highest BCUT2D eigenvalue weighted by atomic mass is 35.5. The Morgan fingerprint density at radius 1 is 1.06 bits per heavy atom. The maximum absolute atomic E-state index is 5.71. The average Bonchev–Trinajstić information content (AvgIpc) is 2.67. The van der Waals surface area contributed by atoms with Gasteiger partial charge in [0.1, 0.15) is 0 Å². The molecule has 0 N–H and O–H groups in total. The molecule has 0 bridgehead atoms. The molecular weight excluding hydrogens is 222 g/mol. The zero-order valence-corrected chi connectivity index (χ0v) is 11.6. The van der Waals surface area contributed by atoms with Crippen molar-refractivity contribution in [3.8, 4) is 0 Å². The molecule has 3 nitrogen and oxygen atoms in total. The quantitative estimate of drug-likeness (QED) is 0.697. The number of rotatable bonds is 0. The standard InChI is InChI=1S/C8H8ClN3.2C2H6/c1-5-3-4-7-6(2)10-8(9)11-12(5)7;2*1-2/h3-4H,1-2H3;2*1-2H3. The van der Waals surface area contributed by atoms with Gasteiger partial charge in [0, 0.05) is 5.69 Å². The van der Waals surface area contributed by atoms with Gasteiger partial charge < -0.3 is 0 Å². The topological polar surface area (TPSA) is 30.2 Å². The molecule has 0 aromatic carbocycles. The maximum atomic E-state index is 5.71. The molecule has 0 atom stereocenters. The van der Waals surface area contributed by atoms with Crippen molar-refractivity contribution in [2.24, 2.45) is 0 Å². The monoisotopic (exact) mass is 241 g/mol. The maximum Gasteiger partial charge on any atom is 0.241 e. The third-order valence-corrected chi connectivity index (χ3v) is 2.02. The minimum Gasteiger partial charge on any atom is -0.233 e. The number of aromatic nitrogens is 3. The molecule has 2 aromatic rings. The van der Waals surface area contributed by atoms with E-state index >= 15 is 0 Å². The Balaban J connectivity index is 0.000000509. The van der Waals surface area contributed by atoms with Crippen molar-refractivity contribution in [1.82, 2.24) is 14.6 Å². The van der Waals surface area contributed by atoms with Gasteiger partial charge in [-0.15, -0.1) is 5.10 Å². The van der Waals surface area contributed by atoms with Gasteiger partial charge in [-0.2, -0.15) is 0 Å². The van der Waals surface area contributed by atoms with E-state index in [9.17, 15) is 0 Å². The lowest BCUT2D eigenvalue weighted by molar-refractivity contribution is 0.860. The highest BCUT2D eigenvalue weighted by Gasteiger charge is 2.03. The second-order valence-electron chi connectivity index (χ2n) is 2.74. The number of hydrogen-bond acceptors (Lipinski definition) is 2. The highest BCUT2D eigenvalue weighted by molar-refractivity contribution is 6.28. The summed E-state index contributed by atoms with van der Waals surface area (Å²) in [6.45, 7) is 11.9. The predicted octanol–water partition coefficient (Wildman–Crippen LogP) is 4.05. The molecule has 90 valence electrons. The SMILES string of the molecule is CC.CC.Cc1nc(Cl)nn2c(C)ccc12. The summed E-state index contributed by atoms with van der Waals surface area (Å²) in [6, 6.07) is 3.98. The van der Waals surface area contributed by atoms with Gasteiger partial charge in [0.15, 0.2) is 0 Å². The number of nitrogens with zero attached hydrogens (tertiary/aromatic N) is 3. The van der Waals surface area contributed by atoms with Gasteiger partial charge in [-0.3, -0.25) is 0 Å². The average molecular weight is 242 g/mol. The van der Waals surface area contributed by atoms with Gasteiger partial charge in [-0.25, -0.2) is 9.50 Å². The van der Waals surface area contributed by atoms with Gasteiger partial charge in [0.2, 0.25) is 5.28 Å². The highest BCUT2D eigenvalue weighted by Crippen LogP contribution is 2.12. The Morgan fingerprint density at radius 2 is 1.62 bits per heavy atom. The second kappa shape index (κ2) is 7.23. The van der Waals surface area contributed by atoms with Crippen LogP contribution < -0.4 is 0 Å². The van der Waals surface area contributed by atoms with E-state index in [0.717, 1.165) is 16.9 Å². The van der Waals surface area contributed by atoms with Gasteiger partial charge in [0.25, 0.3) is 0 Å². The molecule has 0 saturated heterocycles. The van der Waals surface area contributed by atoms with Crippen LogP contribution in [0.15, 0.2) is 12.1 Å². The molecule has 0 saturated carbocycles. The summed E-state index contributed by atoms with van der Waals surface area (Å²) in [6.07, 6.45) is 0. The van der Waals surface area contributed by atoms with E-state index in [1.54, 1.807) is 4.52 Å². The molecule has 0 aliphatic heterocycles. The van der Waals surface area contributed by atoms with Crippen molar-refractivity contribution in [2.45, 2.75) is 41.5 Å².